The van der Waals surface area contributed by atoms with Gasteiger partial charge in [-0.1, -0.05) is 6.07 Å². The van der Waals surface area contributed by atoms with Crippen molar-refractivity contribution in [2.45, 2.75) is 19.6 Å². The summed E-state index contributed by atoms with van der Waals surface area (Å²) >= 11 is 0. The summed E-state index contributed by atoms with van der Waals surface area (Å²) in [7, 11) is 0. The molecule has 1 atom stereocenters. The van der Waals surface area contributed by atoms with Crippen LogP contribution in [-0.4, -0.2) is 23.0 Å². The lowest BCUT2D eigenvalue weighted by molar-refractivity contribution is -0.0840. The number of ether oxygens (including phenoxy) is 1. The molecule has 0 aliphatic heterocycles. The van der Waals surface area contributed by atoms with E-state index in [-0.39, 0.29) is 0 Å². The Bertz CT molecular complexity index is 211. The molecule has 0 saturated carbocycles. The molecule has 1 aromatic heterocycles. The smallest absolute Gasteiger partial charge is 0.151 e. The van der Waals surface area contributed by atoms with Crippen LogP contribution in [0, 0.1) is 0 Å². The Hall–Kier alpha value is -0.930. The number of hydrogen-bond acceptors (Lipinski definition) is 3. The summed E-state index contributed by atoms with van der Waals surface area (Å²) in [4.78, 5) is 4.11. The number of aliphatic hydroxyl groups excluding tert-OH is 1. The second kappa shape index (κ2) is 4.85. The van der Waals surface area contributed by atoms with Gasteiger partial charge in [-0.2, -0.15) is 0 Å². The number of aromatic nitrogens is 1. The summed E-state index contributed by atoms with van der Waals surface area (Å²) in [5.41, 5.74) is 0.984. The predicted molar refractivity (Wildman–Crippen MR) is 45.6 cm³/mol. The third-order valence-electron chi connectivity index (χ3n) is 1.44. The quantitative estimate of drug-likeness (QED) is 0.680. The fraction of sp³-hybridized carbons (Fsp3) is 0.444. The zero-order valence-corrected chi connectivity index (χ0v) is 7.10. The van der Waals surface area contributed by atoms with Crippen LogP contribution in [-0.2, 0) is 11.2 Å². The molecule has 1 aromatic rings. The van der Waals surface area contributed by atoms with Crippen LogP contribution in [0.15, 0.2) is 24.4 Å². The van der Waals surface area contributed by atoms with Gasteiger partial charge in [0.25, 0.3) is 0 Å². The Kier molecular flexibility index (Phi) is 3.70. The fourth-order valence-corrected chi connectivity index (χ4v) is 0.880. The molecule has 1 unspecified atom stereocenters. The highest BCUT2D eigenvalue weighted by Crippen LogP contribution is 1.95. The molecular weight excluding hydrogens is 154 g/mol. The van der Waals surface area contributed by atoms with E-state index in [1.807, 2.05) is 18.2 Å². The van der Waals surface area contributed by atoms with Crippen molar-refractivity contribution in [3.8, 4) is 0 Å². The maximum atomic E-state index is 8.79. The van der Waals surface area contributed by atoms with Crippen LogP contribution >= 0.6 is 0 Å². The second-order valence-corrected chi connectivity index (χ2v) is 2.54. The Morgan fingerprint density at radius 1 is 1.58 bits per heavy atom. The molecule has 3 nitrogen and oxygen atoms in total. The Morgan fingerprint density at radius 3 is 3.00 bits per heavy atom. The van der Waals surface area contributed by atoms with Crippen LogP contribution in [0.2, 0.25) is 0 Å². The molecule has 0 spiro atoms. The van der Waals surface area contributed by atoms with Crippen LogP contribution < -0.4 is 0 Å². The Labute approximate surface area is 72.0 Å². The van der Waals surface area contributed by atoms with Crippen LogP contribution in [0.4, 0.5) is 0 Å². The number of hydrogen-bond donors (Lipinski definition) is 1. The van der Waals surface area contributed by atoms with Crippen LogP contribution in [0.3, 0.4) is 0 Å². The minimum atomic E-state index is -0.686. The van der Waals surface area contributed by atoms with Crippen molar-refractivity contribution in [3.05, 3.63) is 30.1 Å². The SMILES string of the molecule is CC(O)OCCc1ccccn1. The lowest BCUT2D eigenvalue weighted by Crippen LogP contribution is -2.09. The molecule has 0 fully saturated rings. The third kappa shape index (κ3) is 3.46. The van der Waals surface area contributed by atoms with Crippen LogP contribution in [0.25, 0.3) is 0 Å². The molecule has 0 amide bonds. The van der Waals surface area contributed by atoms with Gasteiger partial charge in [-0.05, 0) is 19.1 Å². The number of aliphatic hydroxyl groups is 1. The molecule has 1 N–H and O–H groups in total. The van der Waals surface area contributed by atoms with Crippen molar-refractivity contribution in [3.63, 3.8) is 0 Å². The van der Waals surface area contributed by atoms with Crippen molar-refractivity contribution in [1.29, 1.82) is 0 Å². The summed E-state index contributed by atoms with van der Waals surface area (Å²) in [5, 5.41) is 8.79. The highest BCUT2D eigenvalue weighted by atomic mass is 16.6. The third-order valence-corrected chi connectivity index (χ3v) is 1.44. The maximum absolute atomic E-state index is 8.79. The van der Waals surface area contributed by atoms with Crippen molar-refractivity contribution >= 4 is 0 Å². The summed E-state index contributed by atoms with van der Waals surface area (Å²) in [6.07, 6.45) is 1.80. The van der Waals surface area contributed by atoms with Crippen molar-refractivity contribution in [2.24, 2.45) is 0 Å². The first-order valence-electron chi connectivity index (χ1n) is 3.98. The molecule has 0 aliphatic rings. The summed E-state index contributed by atoms with van der Waals surface area (Å²) in [6.45, 7) is 2.10. The van der Waals surface area contributed by atoms with Gasteiger partial charge in [-0.15, -0.1) is 0 Å². The minimum Gasteiger partial charge on any atom is -0.368 e. The Balaban J connectivity index is 2.25. The molecule has 1 rings (SSSR count). The van der Waals surface area contributed by atoms with E-state index in [2.05, 4.69) is 4.98 Å². The molecule has 0 radical (unpaired) electrons. The van der Waals surface area contributed by atoms with E-state index in [0.717, 1.165) is 12.1 Å². The van der Waals surface area contributed by atoms with E-state index in [0.29, 0.717) is 6.61 Å². The minimum absolute atomic E-state index is 0.509. The molecule has 0 bridgehead atoms. The maximum Gasteiger partial charge on any atom is 0.151 e. The van der Waals surface area contributed by atoms with E-state index < -0.39 is 6.29 Å². The first-order chi connectivity index (χ1) is 5.79. The predicted octanol–water partition coefficient (Wildman–Crippen LogP) is 0.979. The van der Waals surface area contributed by atoms with E-state index in [9.17, 15) is 0 Å². The van der Waals surface area contributed by atoms with Gasteiger partial charge in [0.1, 0.15) is 0 Å². The average molecular weight is 167 g/mol. The van der Waals surface area contributed by atoms with Gasteiger partial charge < -0.3 is 9.84 Å². The molecule has 0 aromatic carbocycles. The molecule has 12 heavy (non-hydrogen) atoms. The summed E-state index contributed by atoms with van der Waals surface area (Å²) < 4.78 is 4.96. The van der Waals surface area contributed by atoms with Crippen LogP contribution in [0.1, 0.15) is 12.6 Å². The van der Waals surface area contributed by atoms with Crippen molar-refractivity contribution in [1.82, 2.24) is 4.98 Å². The van der Waals surface area contributed by atoms with Gasteiger partial charge >= 0.3 is 0 Å². The van der Waals surface area contributed by atoms with Gasteiger partial charge in [-0.25, -0.2) is 0 Å². The first-order valence-corrected chi connectivity index (χ1v) is 3.98. The zero-order chi connectivity index (χ0) is 8.81. The van der Waals surface area contributed by atoms with Gasteiger partial charge in [0.05, 0.1) is 6.61 Å². The van der Waals surface area contributed by atoms with Crippen LogP contribution in [0.5, 0.6) is 0 Å². The highest BCUT2D eigenvalue weighted by molar-refractivity contribution is 5.03. The summed E-state index contributed by atoms with van der Waals surface area (Å²) in [5.74, 6) is 0. The Morgan fingerprint density at radius 2 is 2.42 bits per heavy atom. The normalized spacial score (nSPS) is 12.8. The molecule has 66 valence electrons. The largest absolute Gasteiger partial charge is 0.368 e. The monoisotopic (exact) mass is 167 g/mol. The van der Waals surface area contributed by atoms with Gasteiger partial charge in [0.2, 0.25) is 0 Å². The number of rotatable bonds is 4. The van der Waals surface area contributed by atoms with Gasteiger partial charge in [0, 0.05) is 18.3 Å². The summed E-state index contributed by atoms with van der Waals surface area (Å²) in [6, 6.07) is 5.75. The van der Waals surface area contributed by atoms with Crippen molar-refractivity contribution < 1.29 is 9.84 Å². The number of nitrogens with zero attached hydrogens (tertiary/aromatic N) is 1. The van der Waals surface area contributed by atoms with E-state index in [1.54, 1.807) is 13.1 Å². The van der Waals surface area contributed by atoms with E-state index in [4.69, 9.17) is 9.84 Å². The molecule has 3 heteroatoms. The van der Waals surface area contributed by atoms with Gasteiger partial charge in [0.15, 0.2) is 6.29 Å². The van der Waals surface area contributed by atoms with Crippen molar-refractivity contribution in [2.75, 3.05) is 6.61 Å². The molecule has 1 heterocycles. The standard InChI is InChI=1S/C9H13NO2/c1-8(11)12-7-5-9-4-2-3-6-10-9/h2-4,6,8,11H,5,7H2,1H3. The molecule has 0 aliphatic carbocycles. The molecule has 0 saturated heterocycles. The topological polar surface area (TPSA) is 42.4 Å². The lowest BCUT2D eigenvalue weighted by atomic mass is 10.3. The fourth-order valence-electron chi connectivity index (χ4n) is 0.880. The van der Waals surface area contributed by atoms with E-state index >= 15 is 0 Å². The average Bonchev–Trinajstić information content (AvgIpc) is 2.05. The molecular formula is C9H13NO2. The first kappa shape index (κ1) is 9.16. The number of pyridine rings is 1. The lowest BCUT2D eigenvalue weighted by Gasteiger charge is -2.05. The zero-order valence-electron chi connectivity index (χ0n) is 7.10. The highest BCUT2D eigenvalue weighted by Gasteiger charge is 1.95. The second-order valence-electron chi connectivity index (χ2n) is 2.54. The van der Waals surface area contributed by atoms with E-state index in [1.165, 1.54) is 0 Å². The van der Waals surface area contributed by atoms with Gasteiger partial charge in [-0.3, -0.25) is 4.98 Å².